The lowest BCUT2D eigenvalue weighted by atomic mass is 10.0. The minimum absolute atomic E-state index is 0.0661. The summed E-state index contributed by atoms with van der Waals surface area (Å²) < 4.78 is 0. The topological polar surface area (TPSA) is 191 Å². The number of unbranched alkanes of at least 4 members (excludes halogenated alkanes) is 3. The molecule has 0 radical (unpaired) electrons. The molecule has 1 unspecified atom stereocenters. The highest BCUT2D eigenvalue weighted by Gasteiger charge is 2.45. The second kappa shape index (κ2) is 12.6. The molecular formula is C28H33N5O7. The van der Waals surface area contributed by atoms with Crippen molar-refractivity contribution < 1.29 is 34.2 Å². The number of phenolic OH excluding ortho intramolecular Hbond substituents is 2. The Morgan fingerprint density at radius 1 is 1.00 bits per heavy atom. The number of nitrogens with zero attached hydrogens (tertiary/aromatic N) is 1. The summed E-state index contributed by atoms with van der Waals surface area (Å²) in [5, 5.41) is 27.2. The molecule has 0 aliphatic carbocycles. The maximum Gasteiger partial charge on any atom is 0.264 e. The number of hydrogen-bond donors (Lipinski definition) is 6. The maximum absolute atomic E-state index is 13.1. The number of amides is 5. The highest BCUT2D eigenvalue weighted by Crippen LogP contribution is 2.32. The average molecular weight is 552 g/mol. The van der Waals surface area contributed by atoms with Crippen LogP contribution in [0.2, 0.25) is 0 Å². The number of imide groups is 2. The third kappa shape index (κ3) is 6.40. The maximum atomic E-state index is 13.1. The third-order valence-electron chi connectivity index (χ3n) is 7.02. The molecule has 0 spiro atoms. The van der Waals surface area contributed by atoms with Crippen molar-refractivity contribution in [2.24, 2.45) is 5.73 Å². The van der Waals surface area contributed by atoms with Crippen molar-refractivity contribution in [1.82, 2.24) is 15.5 Å². The van der Waals surface area contributed by atoms with Gasteiger partial charge in [0.25, 0.3) is 11.8 Å². The van der Waals surface area contributed by atoms with Crippen LogP contribution in [0.1, 0.15) is 64.8 Å². The smallest absolute Gasteiger partial charge is 0.264 e. The van der Waals surface area contributed by atoms with Crippen LogP contribution in [0, 0.1) is 0 Å². The Kier molecular flexibility index (Phi) is 9.00. The first kappa shape index (κ1) is 28.6. The molecule has 4 rings (SSSR count). The molecule has 2 heterocycles. The van der Waals surface area contributed by atoms with Crippen molar-refractivity contribution in [3.05, 3.63) is 53.1 Å². The summed E-state index contributed by atoms with van der Waals surface area (Å²) in [7, 11) is 0. The number of anilines is 1. The van der Waals surface area contributed by atoms with E-state index in [9.17, 15) is 34.2 Å². The summed E-state index contributed by atoms with van der Waals surface area (Å²) in [6.07, 6.45) is 3.68. The van der Waals surface area contributed by atoms with Crippen molar-refractivity contribution in [1.29, 1.82) is 0 Å². The fourth-order valence-electron chi connectivity index (χ4n) is 4.87. The van der Waals surface area contributed by atoms with E-state index in [1.165, 1.54) is 12.1 Å². The number of rotatable bonds is 12. The van der Waals surface area contributed by atoms with Gasteiger partial charge in [0, 0.05) is 25.2 Å². The number of carbonyl (C=O) groups is 5. The number of fused-ring (bicyclic) bond motifs is 1. The van der Waals surface area contributed by atoms with Gasteiger partial charge < -0.3 is 26.6 Å². The zero-order chi connectivity index (χ0) is 28.8. The molecule has 12 heteroatoms. The van der Waals surface area contributed by atoms with Gasteiger partial charge in [0.15, 0.2) is 11.5 Å². The zero-order valence-corrected chi connectivity index (χ0v) is 21.9. The van der Waals surface area contributed by atoms with Gasteiger partial charge in [-0.3, -0.25) is 34.2 Å². The minimum atomic E-state index is -1.01. The molecule has 212 valence electrons. The molecule has 7 N–H and O–H groups in total. The van der Waals surface area contributed by atoms with Crippen molar-refractivity contribution >= 4 is 35.2 Å². The van der Waals surface area contributed by atoms with Crippen LogP contribution in [0.4, 0.5) is 5.69 Å². The van der Waals surface area contributed by atoms with Crippen LogP contribution in [-0.2, 0) is 20.8 Å². The number of piperidine rings is 1. The number of benzene rings is 2. The molecule has 1 fully saturated rings. The standard InChI is InChI=1S/C28H33N5O7/c29-18(14-16-8-10-21(34)22(35)15-16)25(37)31-13-4-2-1-3-12-30-19-7-5-6-17-24(19)28(40)33(27(17)39)20-9-11-23(36)32-26(20)38/h5-8,10,15,18,20,30,34-35H,1-4,9,11-14,29H2,(H,31,37)(H,32,36,38)/t18-,20?/m0/s1. The first-order chi connectivity index (χ1) is 19.2. The molecule has 1 saturated heterocycles. The van der Waals surface area contributed by atoms with E-state index in [0.29, 0.717) is 24.3 Å². The van der Waals surface area contributed by atoms with Gasteiger partial charge in [-0.1, -0.05) is 25.0 Å². The van der Waals surface area contributed by atoms with E-state index in [2.05, 4.69) is 16.0 Å². The molecule has 2 aliphatic heterocycles. The highest BCUT2D eigenvalue weighted by molar-refractivity contribution is 6.25. The largest absolute Gasteiger partial charge is 0.504 e. The predicted octanol–water partition coefficient (Wildman–Crippen LogP) is 1.16. The van der Waals surface area contributed by atoms with Crippen LogP contribution in [-0.4, -0.2) is 69.8 Å². The van der Waals surface area contributed by atoms with Gasteiger partial charge in [-0.15, -0.1) is 0 Å². The molecule has 5 amide bonds. The van der Waals surface area contributed by atoms with Gasteiger partial charge in [0.05, 0.1) is 17.2 Å². The normalized spacial score (nSPS) is 17.4. The Morgan fingerprint density at radius 3 is 2.48 bits per heavy atom. The van der Waals surface area contributed by atoms with Crippen LogP contribution in [0.3, 0.4) is 0 Å². The van der Waals surface area contributed by atoms with Crippen LogP contribution in [0.5, 0.6) is 11.5 Å². The van der Waals surface area contributed by atoms with Gasteiger partial charge in [-0.2, -0.15) is 0 Å². The number of phenols is 2. The molecule has 0 saturated carbocycles. The first-order valence-electron chi connectivity index (χ1n) is 13.3. The number of aromatic hydroxyl groups is 2. The van der Waals surface area contributed by atoms with Crippen molar-refractivity contribution in [2.75, 3.05) is 18.4 Å². The van der Waals surface area contributed by atoms with Gasteiger partial charge in [0.1, 0.15) is 6.04 Å². The SMILES string of the molecule is N[C@@H](Cc1ccc(O)c(O)c1)C(=O)NCCCCCCNc1cccc2c1C(=O)N(C1CCC(=O)NC1=O)C2=O. The molecular weight excluding hydrogens is 518 g/mol. The highest BCUT2D eigenvalue weighted by atomic mass is 16.3. The summed E-state index contributed by atoms with van der Waals surface area (Å²) >= 11 is 0. The Hall–Kier alpha value is -4.45. The lowest BCUT2D eigenvalue weighted by Crippen LogP contribution is -2.54. The fourth-order valence-corrected chi connectivity index (χ4v) is 4.87. The molecule has 40 heavy (non-hydrogen) atoms. The van der Waals surface area contributed by atoms with Gasteiger partial charge in [0.2, 0.25) is 17.7 Å². The van der Waals surface area contributed by atoms with Crippen molar-refractivity contribution in [2.45, 2.75) is 57.0 Å². The monoisotopic (exact) mass is 551 g/mol. The van der Waals surface area contributed by atoms with E-state index in [4.69, 9.17) is 5.73 Å². The Labute approximate surface area is 230 Å². The molecule has 0 aromatic heterocycles. The summed E-state index contributed by atoms with van der Waals surface area (Å²) in [6.45, 7) is 1.03. The molecule has 0 bridgehead atoms. The van der Waals surface area contributed by atoms with Gasteiger partial charge in [-0.25, -0.2) is 0 Å². The number of carbonyl (C=O) groups excluding carboxylic acids is 5. The van der Waals surface area contributed by atoms with Crippen LogP contribution in [0.25, 0.3) is 0 Å². The number of nitrogens with two attached hydrogens (primary N) is 1. The third-order valence-corrected chi connectivity index (χ3v) is 7.02. The average Bonchev–Trinajstić information content (AvgIpc) is 3.17. The Bertz CT molecular complexity index is 1330. The summed E-state index contributed by atoms with van der Waals surface area (Å²) in [5.41, 5.74) is 7.58. The Balaban J connectivity index is 1.17. The van der Waals surface area contributed by atoms with E-state index in [1.54, 1.807) is 24.3 Å². The molecule has 2 aliphatic rings. The summed E-state index contributed by atoms with van der Waals surface area (Å²) in [6, 6.07) is 7.50. The summed E-state index contributed by atoms with van der Waals surface area (Å²) in [4.78, 5) is 63.0. The van der Waals surface area contributed by atoms with Crippen LogP contribution < -0.4 is 21.7 Å². The molecule has 2 aromatic rings. The number of nitrogens with one attached hydrogen (secondary N) is 3. The van der Waals surface area contributed by atoms with E-state index < -0.39 is 35.7 Å². The van der Waals surface area contributed by atoms with Crippen LogP contribution in [0.15, 0.2) is 36.4 Å². The van der Waals surface area contributed by atoms with Crippen molar-refractivity contribution in [3.63, 3.8) is 0 Å². The van der Waals surface area contributed by atoms with Crippen LogP contribution >= 0.6 is 0 Å². The van der Waals surface area contributed by atoms with Gasteiger partial charge >= 0.3 is 0 Å². The van der Waals surface area contributed by atoms with E-state index in [-0.39, 0.29) is 47.8 Å². The second-order valence-electron chi connectivity index (χ2n) is 9.94. The van der Waals surface area contributed by atoms with E-state index in [0.717, 1.165) is 30.6 Å². The molecule has 12 nitrogen and oxygen atoms in total. The quantitative estimate of drug-likeness (QED) is 0.128. The lowest BCUT2D eigenvalue weighted by molar-refractivity contribution is -0.136. The fraction of sp³-hybridized carbons (Fsp3) is 0.393. The lowest BCUT2D eigenvalue weighted by Gasteiger charge is -2.27. The van der Waals surface area contributed by atoms with Crippen molar-refractivity contribution in [3.8, 4) is 11.5 Å². The van der Waals surface area contributed by atoms with Gasteiger partial charge in [-0.05, 0) is 55.5 Å². The first-order valence-corrected chi connectivity index (χ1v) is 13.3. The molecule has 2 aromatic carbocycles. The number of hydrogen-bond acceptors (Lipinski definition) is 9. The second-order valence-corrected chi connectivity index (χ2v) is 9.94. The Morgan fingerprint density at radius 2 is 1.75 bits per heavy atom. The summed E-state index contributed by atoms with van der Waals surface area (Å²) in [5.74, 6) is -2.93. The zero-order valence-electron chi connectivity index (χ0n) is 21.9. The molecule has 2 atom stereocenters. The van der Waals surface area contributed by atoms with E-state index in [1.807, 2.05) is 0 Å². The minimum Gasteiger partial charge on any atom is -0.504 e. The predicted molar refractivity (Wildman–Crippen MR) is 145 cm³/mol. The van der Waals surface area contributed by atoms with E-state index >= 15 is 0 Å².